The molecular formula is C8H13NO2. The number of nitrogens with zero attached hydrogens (tertiary/aromatic N) is 1. The maximum atomic E-state index is 8.78. The molecule has 0 spiro atoms. The third-order valence-corrected chi connectivity index (χ3v) is 1.55. The number of rotatable bonds is 2. The molecule has 1 rings (SSSR count). The van der Waals surface area contributed by atoms with Gasteiger partial charge in [0.2, 0.25) is 0 Å². The highest BCUT2D eigenvalue weighted by Gasteiger charge is 2.10. The molecule has 0 atom stereocenters. The van der Waals surface area contributed by atoms with E-state index in [0.29, 0.717) is 11.7 Å². The fraction of sp³-hybridized carbons (Fsp3) is 0.625. The Morgan fingerprint density at radius 1 is 1.55 bits per heavy atom. The Kier molecular flexibility index (Phi) is 2.29. The lowest BCUT2D eigenvalue weighted by Crippen LogP contribution is -1.85. The molecule has 1 N–H and O–H groups in total. The molecule has 1 aromatic rings. The van der Waals surface area contributed by atoms with E-state index in [4.69, 9.17) is 9.52 Å². The maximum Gasteiger partial charge on any atom is 0.197 e. The Hall–Kier alpha value is -0.830. The molecular weight excluding hydrogens is 142 g/mol. The summed E-state index contributed by atoms with van der Waals surface area (Å²) in [6.45, 7) is 5.78. The van der Waals surface area contributed by atoms with Crippen LogP contribution in [-0.2, 0) is 6.61 Å². The zero-order chi connectivity index (χ0) is 8.43. The minimum atomic E-state index is -0.0639. The molecule has 3 nitrogen and oxygen atoms in total. The molecule has 0 unspecified atom stereocenters. The number of hydrogen-bond donors (Lipinski definition) is 1. The molecule has 1 aromatic heterocycles. The zero-order valence-corrected chi connectivity index (χ0v) is 7.09. The van der Waals surface area contributed by atoms with Crippen molar-refractivity contribution in [3.63, 3.8) is 0 Å². The Morgan fingerprint density at radius 3 is 2.45 bits per heavy atom. The fourth-order valence-electron chi connectivity index (χ4n) is 0.844. The molecule has 0 saturated heterocycles. The Morgan fingerprint density at radius 2 is 2.18 bits per heavy atom. The summed E-state index contributed by atoms with van der Waals surface area (Å²) in [6, 6.07) is 0. The summed E-state index contributed by atoms with van der Waals surface area (Å²) < 4.78 is 5.26. The molecule has 0 saturated carbocycles. The van der Waals surface area contributed by atoms with E-state index < -0.39 is 0 Å². The van der Waals surface area contributed by atoms with E-state index in [-0.39, 0.29) is 12.5 Å². The van der Waals surface area contributed by atoms with Gasteiger partial charge in [-0.25, -0.2) is 4.98 Å². The Bertz CT molecular complexity index is 240. The molecule has 0 aromatic carbocycles. The second-order valence-electron chi connectivity index (χ2n) is 2.87. The number of aryl methyl sites for hydroxylation is 1. The van der Waals surface area contributed by atoms with Gasteiger partial charge in [0, 0.05) is 5.92 Å². The minimum absolute atomic E-state index is 0.0639. The zero-order valence-electron chi connectivity index (χ0n) is 7.09. The first-order valence-electron chi connectivity index (χ1n) is 3.72. The van der Waals surface area contributed by atoms with Gasteiger partial charge in [-0.2, -0.15) is 0 Å². The molecule has 11 heavy (non-hydrogen) atoms. The van der Waals surface area contributed by atoms with E-state index in [9.17, 15) is 0 Å². The van der Waals surface area contributed by atoms with Gasteiger partial charge in [-0.05, 0) is 6.92 Å². The van der Waals surface area contributed by atoms with Crippen LogP contribution in [0, 0.1) is 6.92 Å². The predicted octanol–water partition coefficient (Wildman–Crippen LogP) is 1.60. The topological polar surface area (TPSA) is 46.3 Å². The third-order valence-electron chi connectivity index (χ3n) is 1.55. The van der Waals surface area contributed by atoms with Crippen molar-refractivity contribution in [1.82, 2.24) is 4.98 Å². The van der Waals surface area contributed by atoms with Crippen LogP contribution in [0.2, 0.25) is 0 Å². The number of aliphatic hydroxyl groups is 1. The van der Waals surface area contributed by atoms with E-state index >= 15 is 0 Å². The van der Waals surface area contributed by atoms with E-state index in [2.05, 4.69) is 4.98 Å². The quantitative estimate of drug-likeness (QED) is 0.705. The van der Waals surface area contributed by atoms with Crippen molar-refractivity contribution >= 4 is 0 Å². The molecule has 0 aliphatic heterocycles. The molecule has 0 fully saturated rings. The summed E-state index contributed by atoms with van der Waals surface area (Å²) in [5, 5.41) is 8.78. The van der Waals surface area contributed by atoms with Gasteiger partial charge in [-0.1, -0.05) is 13.8 Å². The van der Waals surface area contributed by atoms with Crippen LogP contribution in [0.5, 0.6) is 0 Å². The smallest absolute Gasteiger partial charge is 0.197 e. The summed E-state index contributed by atoms with van der Waals surface area (Å²) in [6.07, 6.45) is 0. The molecule has 0 radical (unpaired) electrons. The average Bonchev–Trinajstić information content (AvgIpc) is 2.31. The first-order valence-corrected chi connectivity index (χ1v) is 3.72. The maximum absolute atomic E-state index is 8.78. The van der Waals surface area contributed by atoms with Crippen molar-refractivity contribution in [2.45, 2.75) is 33.3 Å². The highest BCUT2D eigenvalue weighted by atomic mass is 16.4. The number of hydrogen-bond acceptors (Lipinski definition) is 3. The first-order chi connectivity index (χ1) is 5.15. The van der Waals surface area contributed by atoms with Crippen LogP contribution in [0.15, 0.2) is 4.42 Å². The van der Waals surface area contributed by atoms with E-state index in [1.165, 1.54) is 0 Å². The SMILES string of the molecule is Cc1nc(C(C)C)oc1CO. The molecule has 0 amide bonds. The summed E-state index contributed by atoms with van der Waals surface area (Å²) in [7, 11) is 0. The molecule has 0 aliphatic carbocycles. The molecule has 0 bridgehead atoms. The van der Waals surface area contributed by atoms with Crippen LogP contribution in [0.25, 0.3) is 0 Å². The van der Waals surface area contributed by atoms with Crippen LogP contribution in [0.3, 0.4) is 0 Å². The number of aliphatic hydroxyl groups excluding tert-OH is 1. The fourth-order valence-corrected chi connectivity index (χ4v) is 0.844. The third kappa shape index (κ3) is 1.60. The lowest BCUT2D eigenvalue weighted by Gasteiger charge is -1.94. The summed E-state index contributed by atoms with van der Waals surface area (Å²) in [4.78, 5) is 4.15. The highest BCUT2D eigenvalue weighted by Crippen LogP contribution is 2.17. The van der Waals surface area contributed by atoms with Gasteiger partial charge in [0.05, 0.1) is 5.69 Å². The summed E-state index contributed by atoms with van der Waals surface area (Å²) in [5.74, 6) is 1.56. The summed E-state index contributed by atoms with van der Waals surface area (Å²) in [5.41, 5.74) is 0.788. The predicted molar refractivity (Wildman–Crippen MR) is 41.3 cm³/mol. The van der Waals surface area contributed by atoms with Crippen molar-refractivity contribution in [1.29, 1.82) is 0 Å². The molecule has 62 valence electrons. The largest absolute Gasteiger partial charge is 0.443 e. The average molecular weight is 155 g/mol. The van der Waals surface area contributed by atoms with Gasteiger partial charge in [-0.15, -0.1) is 0 Å². The van der Waals surface area contributed by atoms with Crippen molar-refractivity contribution in [3.8, 4) is 0 Å². The summed E-state index contributed by atoms with van der Waals surface area (Å²) >= 11 is 0. The standard InChI is InChI=1S/C8H13NO2/c1-5(2)8-9-6(3)7(4-10)11-8/h5,10H,4H2,1-3H3. The second kappa shape index (κ2) is 3.05. The highest BCUT2D eigenvalue weighted by molar-refractivity contribution is 5.07. The van der Waals surface area contributed by atoms with E-state index in [1.807, 2.05) is 20.8 Å². The van der Waals surface area contributed by atoms with Crippen molar-refractivity contribution < 1.29 is 9.52 Å². The van der Waals surface area contributed by atoms with Gasteiger partial charge in [0.1, 0.15) is 6.61 Å². The van der Waals surface area contributed by atoms with Gasteiger partial charge in [-0.3, -0.25) is 0 Å². The van der Waals surface area contributed by atoms with Crippen molar-refractivity contribution in [2.75, 3.05) is 0 Å². The number of oxazole rings is 1. The van der Waals surface area contributed by atoms with Gasteiger partial charge in [0.25, 0.3) is 0 Å². The monoisotopic (exact) mass is 155 g/mol. The van der Waals surface area contributed by atoms with Crippen LogP contribution in [0.1, 0.15) is 37.1 Å². The number of aromatic nitrogens is 1. The van der Waals surface area contributed by atoms with Crippen molar-refractivity contribution in [3.05, 3.63) is 17.3 Å². The first kappa shape index (κ1) is 8.27. The van der Waals surface area contributed by atoms with Crippen LogP contribution in [0.4, 0.5) is 0 Å². The second-order valence-corrected chi connectivity index (χ2v) is 2.87. The molecule has 3 heteroatoms. The lowest BCUT2D eigenvalue weighted by atomic mass is 10.2. The lowest BCUT2D eigenvalue weighted by molar-refractivity contribution is 0.241. The molecule has 0 aliphatic rings. The van der Waals surface area contributed by atoms with Crippen LogP contribution < -0.4 is 0 Å². The van der Waals surface area contributed by atoms with E-state index in [0.717, 1.165) is 5.69 Å². The van der Waals surface area contributed by atoms with Crippen molar-refractivity contribution in [2.24, 2.45) is 0 Å². The normalized spacial score (nSPS) is 11.0. The van der Waals surface area contributed by atoms with Crippen LogP contribution in [-0.4, -0.2) is 10.1 Å². The Labute approximate surface area is 66.1 Å². The molecule has 1 heterocycles. The van der Waals surface area contributed by atoms with Gasteiger partial charge < -0.3 is 9.52 Å². The van der Waals surface area contributed by atoms with E-state index in [1.54, 1.807) is 0 Å². The van der Waals surface area contributed by atoms with Gasteiger partial charge in [0.15, 0.2) is 11.7 Å². The Balaban J connectivity index is 2.95. The van der Waals surface area contributed by atoms with Crippen LogP contribution >= 0.6 is 0 Å². The minimum Gasteiger partial charge on any atom is -0.443 e. The van der Waals surface area contributed by atoms with Gasteiger partial charge >= 0.3 is 0 Å².